The third-order valence-corrected chi connectivity index (χ3v) is 13.0. The standard InChI is InChI=1S/C62H38N4/c1-64-56-15-7-9-17-60(56)66(53-32-24-44(25-33-53)50-21-19-42-11-3-5-13-48(42)39-50)59-37-29-46-26-34-54-58(36-28-45-27-35-55(59)62(46)61(45)54)65(57-16-8-6-14-51(57)40-63)52-30-22-43(23-31-52)49-20-18-41-10-2-4-12-47(41)38-49/h2-39H. The number of anilines is 6. The molecule has 0 spiro atoms. The van der Waals surface area contributed by atoms with Gasteiger partial charge in [-0.05, 0) is 132 Å². The molecule has 12 aromatic rings. The molecule has 0 aliphatic carbocycles. The molecular weight excluding hydrogens is 801 g/mol. The smallest absolute Gasteiger partial charge is 0.210 e. The Labute approximate surface area is 382 Å². The molecule has 4 heteroatoms. The highest BCUT2D eigenvalue weighted by Crippen LogP contribution is 2.49. The number of hydrogen-bond donors (Lipinski definition) is 0. The third kappa shape index (κ3) is 6.45. The summed E-state index contributed by atoms with van der Waals surface area (Å²) in [5.41, 5.74) is 11.2. The van der Waals surface area contributed by atoms with Gasteiger partial charge in [-0.3, -0.25) is 0 Å². The minimum Gasteiger partial charge on any atom is -0.320 e. The van der Waals surface area contributed by atoms with E-state index < -0.39 is 0 Å². The Morgan fingerprint density at radius 3 is 1.27 bits per heavy atom. The molecule has 0 heterocycles. The van der Waals surface area contributed by atoms with E-state index in [0.717, 1.165) is 88.7 Å². The van der Waals surface area contributed by atoms with Crippen molar-refractivity contribution in [3.8, 4) is 28.3 Å². The minimum absolute atomic E-state index is 0.572. The van der Waals surface area contributed by atoms with Gasteiger partial charge in [0.2, 0.25) is 5.69 Å². The number of rotatable bonds is 8. The molecule has 12 rings (SSSR count). The molecule has 0 saturated carbocycles. The Morgan fingerprint density at radius 2 is 0.758 bits per heavy atom. The third-order valence-electron chi connectivity index (χ3n) is 13.0. The Kier molecular flexibility index (Phi) is 9.23. The van der Waals surface area contributed by atoms with Gasteiger partial charge in [0, 0.05) is 22.1 Å². The zero-order valence-corrected chi connectivity index (χ0v) is 35.7. The summed E-state index contributed by atoms with van der Waals surface area (Å²) in [4.78, 5) is 8.48. The highest BCUT2D eigenvalue weighted by atomic mass is 15.2. The minimum atomic E-state index is 0.572. The van der Waals surface area contributed by atoms with Crippen LogP contribution >= 0.6 is 0 Å². The Balaban J connectivity index is 1.02. The second-order valence-electron chi connectivity index (χ2n) is 16.7. The van der Waals surface area contributed by atoms with E-state index >= 15 is 0 Å². The first-order valence-electron chi connectivity index (χ1n) is 22.1. The van der Waals surface area contributed by atoms with Gasteiger partial charge in [-0.25, -0.2) is 4.85 Å². The second-order valence-corrected chi connectivity index (χ2v) is 16.7. The van der Waals surface area contributed by atoms with Gasteiger partial charge in [0.15, 0.2) is 0 Å². The van der Waals surface area contributed by atoms with Crippen molar-refractivity contribution in [3.63, 3.8) is 0 Å². The van der Waals surface area contributed by atoms with Crippen molar-refractivity contribution in [2.45, 2.75) is 0 Å². The molecule has 0 aliphatic heterocycles. The molecule has 0 aliphatic rings. The molecular formula is C62H38N4. The van der Waals surface area contributed by atoms with Crippen molar-refractivity contribution in [1.29, 1.82) is 5.26 Å². The van der Waals surface area contributed by atoms with Crippen molar-refractivity contribution < 1.29 is 0 Å². The molecule has 0 radical (unpaired) electrons. The van der Waals surface area contributed by atoms with Crippen LogP contribution in [0.3, 0.4) is 0 Å². The maximum Gasteiger partial charge on any atom is 0.210 e. The zero-order chi connectivity index (χ0) is 44.1. The summed E-state index contributed by atoms with van der Waals surface area (Å²) < 4.78 is 0. The number of nitrogens with zero attached hydrogens (tertiary/aromatic N) is 4. The topological polar surface area (TPSA) is 34.6 Å². The lowest BCUT2D eigenvalue weighted by Crippen LogP contribution is -2.12. The second kappa shape index (κ2) is 15.8. The number of hydrogen-bond acceptors (Lipinski definition) is 3. The average molecular weight is 839 g/mol. The van der Waals surface area contributed by atoms with Gasteiger partial charge in [-0.1, -0.05) is 164 Å². The molecule has 0 unspecified atom stereocenters. The lowest BCUT2D eigenvalue weighted by Gasteiger charge is -2.30. The van der Waals surface area contributed by atoms with E-state index in [0.29, 0.717) is 11.3 Å². The maximum absolute atomic E-state index is 10.5. The lowest BCUT2D eigenvalue weighted by molar-refractivity contribution is 1.28. The quantitative estimate of drug-likeness (QED) is 0.113. The number of benzene rings is 12. The summed E-state index contributed by atoms with van der Waals surface area (Å²) in [5, 5.41) is 22.0. The number of fused-ring (bicyclic) bond motifs is 2. The first-order valence-corrected chi connectivity index (χ1v) is 22.1. The van der Waals surface area contributed by atoms with Gasteiger partial charge < -0.3 is 9.80 Å². The summed E-state index contributed by atoms with van der Waals surface area (Å²) in [6, 6.07) is 83.3. The average Bonchev–Trinajstić information content (AvgIpc) is 3.39. The van der Waals surface area contributed by atoms with E-state index in [4.69, 9.17) is 6.57 Å². The SMILES string of the molecule is [C-]#[N+]c1ccccc1N(c1ccc(-c2ccc3ccccc3c2)cc1)c1ccc2ccc3c(N(c4ccc(-c5ccc6ccccc6c5)cc4)c4ccccc4C#N)ccc4ccc1c2c43. The van der Waals surface area contributed by atoms with Crippen LogP contribution in [0.5, 0.6) is 0 Å². The van der Waals surface area contributed by atoms with Gasteiger partial charge in [0.25, 0.3) is 0 Å². The van der Waals surface area contributed by atoms with Crippen molar-refractivity contribution >= 4 is 93.7 Å². The predicted octanol–water partition coefficient (Wildman–Crippen LogP) is 17.6. The summed E-state index contributed by atoms with van der Waals surface area (Å²) in [6.45, 7) is 8.24. The fourth-order valence-electron chi connectivity index (χ4n) is 9.83. The van der Waals surface area contributed by atoms with E-state index in [-0.39, 0.29) is 0 Å². The first-order chi connectivity index (χ1) is 32.6. The highest BCUT2D eigenvalue weighted by molar-refractivity contribution is 6.28. The molecule has 0 fully saturated rings. The molecule has 66 heavy (non-hydrogen) atoms. The van der Waals surface area contributed by atoms with Gasteiger partial charge in [0.05, 0.1) is 34.9 Å². The van der Waals surface area contributed by atoms with Crippen molar-refractivity contribution in [2.75, 3.05) is 9.80 Å². The van der Waals surface area contributed by atoms with E-state index in [2.05, 4.69) is 203 Å². The molecule has 0 N–H and O–H groups in total. The lowest BCUT2D eigenvalue weighted by atomic mass is 9.91. The largest absolute Gasteiger partial charge is 0.320 e. The van der Waals surface area contributed by atoms with Crippen LogP contribution in [-0.2, 0) is 0 Å². The number of nitriles is 1. The van der Waals surface area contributed by atoms with E-state index in [1.54, 1.807) is 0 Å². The van der Waals surface area contributed by atoms with Crippen LogP contribution < -0.4 is 9.80 Å². The van der Waals surface area contributed by atoms with Gasteiger partial charge in [-0.15, -0.1) is 0 Å². The normalized spacial score (nSPS) is 11.3. The Hall–Kier alpha value is -9.22. The van der Waals surface area contributed by atoms with Crippen molar-refractivity contribution in [1.82, 2.24) is 0 Å². The van der Waals surface area contributed by atoms with Crippen LogP contribution in [0, 0.1) is 17.9 Å². The summed E-state index contributed by atoms with van der Waals surface area (Å²) in [6.07, 6.45) is 0. The molecule has 12 aromatic carbocycles. The van der Waals surface area contributed by atoms with Gasteiger partial charge in [0.1, 0.15) is 6.07 Å². The zero-order valence-electron chi connectivity index (χ0n) is 35.7. The molecule has 0 saturated heterocycles. The van der Waals surface area contributed by atoms with Crippen LogP contribution in [0.1, 0.15) is 5.56 Å². The Bertz CT molecular complexity index is 3650. The monoisotopic (exact) mass is 838 g/mol. The van der Waals surface area contributed by atoms with Gasteiger partial charge in [-0.2, -0.15) is 5.26 Å². The van der Waals surface area contributed by atoms with Crippen molar-refractivity contribution in [2.24, 2.45) is 0 Å². The van der Waals surface area contributed by atoms with Crippen LogP contribution in [0.25, 0.3) is 81.0 Å². The van der Waals surface area contributed by atoms with Crippen molar-refractivity contribution in [3.05, 3.63) is 248 Å². The fourth-order valence-corrected chi connectivity index (χ4v) is 9.83. The van der Waals surface area contributed by atoms with Crippen LogP contribution in [-0.4, -0.2) is 0 Å². The van der Waals surface area contributed by atoms with Crippen LogP contribution in [0.15, 0.2) is 231 Å². The fraction of sp³-hybridized carbons (Fsp3) is 0. The van der Waals surface area contributed by atoms with E-state index in [1.807, 2.05) is 48.5 Å². The summed E-state index contributed by atoms with van der Waals surface area (Å²) >= 11 is 0. The maximum atomic E-state index is 10.5. The summed E-state index contributed by atoms with van der Waals surface area (Å²) in [5.74, 6) is 0. The molecule has 0 atom stereocenters. The van der Waals surface area contributed by atoms with Crippen LogP contribution in [0.2, 0.25) is 0 Å². The molecule has 0 aromatic heterocycles. The first kappa shape index (κ1) is 38.5. The van der Waals surface area contributed by atoms with Crippen LogP contribution in [0.4, 0.5) is 39.8 Å². The predicted molar refractivity (Wildman–Crippen MR) is 276 cm³/mol. The summed E-state index contributed by atoms with van der Waals surface area (Å²) in [7, 11) is 0. The number of para-hydroxylation sites is 3. The highest BCUT2D eigenvalue weighted by Gasteiger charge is 2.24. The molecule has 0 amide bonds. The molecule has 306 valence electrons. The Morgan fingerprint density at radius 1 is 0.348 bits per heavy atom. The van der Waals surface area contributed by atoms with E-state index in [9.17, 15) is 5.26 Å². The molecule has 4 nitrogen and oxygen atoms in total. The van der Waals surface area contributed by atoms with E-state index in [1.165, 1.54) is 21.5 Å². The van der Waals surface area contributed by atoms with Gasteiger partial charge >= 0.3 is 0 Å². The molecule has 0 bridgehead atoms.